The van der Waals surface area contributed by atoms with Crippen molar-refractivity contribution in [3.63, 3.8) is 0 Å². The van der Waals surface area contributed by atoms with Gasteiger partial charge in [-0.05, 0) is 54.4 Å². The zero-order chi connectivity index (χ0) is 18.5. The second-order valence-corrected chi connectivity index (χ2v) is 5.86. The van der Waals surface area contributed by atoms with Gasteiger partial charge in [0.05, 0.1) is 5.56 Å². The summed E-state index contributed by atoms with van der Waals surface area (Å²) in [6, 6.07) is 11.8. The number of hydrogen-bond donors (Lipinski definition) is 1. The number of nitrogen functional groups attached to an aromatic ring is 1. The van der Waals surface area contributed by atoms with Crippen LogP contribution in [0.3, 0.4) is 0 Å². The van der Waals surface area contributed by atoms with Gasteiger partial charge in [-0.1, -0.05) is 12.1 Å². The molecule has 0 saturated carbocycles. The van der Waals surface area contributed by atoms with Crippen molar-refractivity contribution in [1.29, 1.82) is 0 Å². The van der Waals surface area contributed by atoms with Crippen LogP contribution in [-0.4, -0.2) is 14.6 Å². The molecule has 0 aliphatic rings. The molecule has 3 aromatic heterocycles. The molecule has 0 amide bonds. The monoisotopic (exact) mass is 358 g/mol. The minimum absolute atomic E-state index is 0.261. The van der Waals surface area contributed by atoms with Gasteiger partial charge in [-0.25, -0.2) is 4.98 Å². The Labute approximate surface area is 145 Å². The van der Waals surface area contributed by atoms with Gasteiger partial charge in [0.2, 0.25) is 5.82 Å². The van der Waals surface area contributed by atoms with Crippen LogP contribution in [0.15, 0.2) is 52.9 Å². The first-order chi connectivity index (χ1) is 12.3. The average molecular weight is 358 g/mol. The molecule has 4 aromatic rings. The van der Waals surface area contributed by atoms with Crippen LogP contribution in [0, 0.1) is 6.92 Å². The van der Waals surface area contributed by atoms with Crippen molar-refractivity contribution in [3.05, 3.63) is 59.9 Å². The highest BCUT2D eigenvalue weighted by atomic mass is 19.4. The van der Waals surface area contributed by atoms with Crippen molar-refractivity contribution in [2.24, 2.45) is 0 Å². The number of aryl methyl sites for hydroxylation is 1. The molecule has 0 aliphatic carbocycles. The fourth-order valence-electron chi connectivity index (χ4n) is 2.71. The van der Waals surface area contributed by atoms with Gasteiger partial charge in [0, 0.05) is 0 Å². The van der Waals surface area contributed by atoms with Crippen molar-refractivity contribution in [2.45, 2.75) is 13.1 Å². The number of halogens is 3. The summed E-state index contributed by atoms with van der Waals surface area (Å²) in [5, 5.41) is 4.29. The van der Waals surface area contributed by atoms with Crippen molar-refractivity contribution < 1.29 is 17.6 Å². The van der Waals surface area contributed by atoms with Gasteiger partial charge in [0.15, 0.2) is 11.4 Å². The molecule has 2 N–H and O–H groups in total. The van der Waals surface area contributed by atoms with Gasteiger partial charge in [-0.2, -0.15) is 17.7 Å². The number of nitrogens with two attached hydrogens (primary N) is 1. The molecule has 0 unspecified atom stereocenters. The highest BCUT2D eigenvalue weighted by Crippen LogP contribution is 2.33. The van der Waals surface area contributed by atoms with E-state index in [1.54, 1.807) is 37.3 Å². The minimum Gasteiger partial charge on any atom is -0.458 e. The number of benzene rings is 1. The van der Waals surface area contributed by atoms with E-state index in [4.69, 9.17) is 10.2 Å². The number of furan rings is 1. The molecule has 0 fully saturated rings. The smallest absolute Gasteiger partial charge is 0.416 e. The molecular weight excluding hydrogens is 345 g/mol. The summed E-state index contributed by atoms with van der Waals surface area (Å²) in [5.74, 6) is 1.82. The van der Waals surface area contributed by atoms with Gasteiger partial charge >= 0.3 is 6.18 Å². The lowest BCUT2D eigenvalue weighted by Crippen LogP contribution is -2.04. The highest BCUT2D eigenvalue weighted by Gasteiger charge is 2.30. The third-order valence-corrected chi connectivity index (χ3v) is 3.95. The SMILES string of the molecule is Cc1ccc(-c2nc3cc(-c4cccc(C(F)(F)F)c4)cc(N)n3n2)o1. The molecule has 0 spiro atoms. The third kappa shape index (κ3) is 2.79. The quantitative estimate of drug-likeness (QED) is 0.570. The number of alkyl halides is 3. The molecule has 0 bridgehead atoms. The number of nitrogens with zero attached hydrogens (tertiary/aromatic N) is 3. The van der Waals surface area contributed by atoms with E-state index in [-0.39, 0.29) is 5.82 Å². The number of hydrogen-bond acceptors (Lipinski definition) is 4. The van der Waals surface area contributed by atoms with E-state index in [1.165, 1.54) is 10.6 Å². The number of rotatable bonds is 2. The largest absolute Gasteiger partial charge is 0.458 e. The van der Waals surface area contributed by atoms with E-state index in [1.807, 2.05) is 0 Å². The Morgan fingerprint density at radius 3 is 2.54 bits per heavy atom. The van der Waals surface area contributed by atoms with Gasteiger partial charge in [0.1, 0.15) is 11.6 Å². The summed E-state index contributed by atoms with van der Waals surface area (Å²) in [6.45, 7) is 1.80. The summed E-state index contributed by atoms with van der Waals surface area (Å²) < 4.78 is 45.8. The van der Waals surface area contributed by atoms with Crippen molar-refractivity contribution in [2.75, 3.05) is 5.73 Å². The normalized spacial score (nSPS) is 12.0. The first-order valence-corrected chi connectivity index (χ1v) is 7.72. The van der Waals surface area contributed by atoms with Crippen LogP contribution in [0.2, 0.25) is 0 Å². The fraction of sp³-hybridized carbons (Fsp3) is 0.111. The van der Waals surface area contributed by atoms with Crippen LogP contribution in [0.25, 0.3) is 28.4 Å². The zero-order valence-electron chi connectivity index (χ0n) is 13.6. The number of fused-ring (bicyclic) bond motifs is 1. The van der Waals surface area contributed by atoms with Crippen LogP contribution in [0.1, 0.15) is 11.3 Å². The second-order valence-electron chi connectivity index (χ2n) is 5.86. The van der Waals surface area contributed by atoms with Crippen LogP contribution < -0.4 is 5.73 Å². The van der Waals surface area contributed by atoms with Crippen molar-refractivity contribution >= 4 is 11.5 Å². The molecule has 4 rings (SSSR count). The first-order valence-electron chi connectivity index (χ1n) is 7.72. The van der Waals surface area contributed by atoms with Gasteiger partial charge in [0.25, 0.3) is 0 Å². The Balaban J connectivity index is 1.83. The molecule has 0 aliphatic heterocycles. The standard InChI is InChI=1S/C18H13F3N4O/c1-10-5-6-14(26-10)17-23-16-9-12(8-15(22)25(16)24-17)11-3-2-4-13(7-11)18(19,20)21/h2-9H,22H2,1H3. The highest BCUT2D eigenvalue weighted by molar-refractivity contribution is 5.72. The average Bonchev–Trinajstić information content (AvgIpc) is 3.20. The van der Waals surface area contributed by atoms with Crippen molar-refractivity contribution in [1.82, 2.24) is 14.6 Å². The summed E-state index contributed by atoms with van der Waals surface area (Å²) in [7, 11) is 0. The Morgan fingerprint density at radius 1 is 1.04 bits per heavy atom. The summed E-state index contributed by atoms with van der Waals surface area (Å²) >= 11 is 0. The van der Waals surface area contributed by atoms with Crippen molar-refractivity contribution in [3.8, 4) is 22.7 Å². The molecule has 0 atom stereocenters. The zero-order valence-corrected chi connectivity index (χ0v) is 13.6. The molecule has 26 heavy (non-hydrogen) atoms. The van der Waals surface area contributed by atoms with E-state index < -0.39 is 11.7 Å². The van der Waals surface area contributed by atoms with E-state index in [9.17, 15) is 13.2 Å². The molecule has 8 heteroatoms. The Hall–Kier alpha value is -3.29. The maximum atomic E-state index is 12.9. The fourth-order valence-corrected chi connectivity index (χ4v) is 2.71. The van der Waals surface area contributed by atoms with E-state index in [2.05, 4.69) is 10.1 Å². The lowest BCUT2D eigenvalue weighted by Gasteiger charge is -2.09. The number of pyridine rings is 1. The van der Waals surface area contributed by atoms with E-state index >= 15 is 0 Å². The predicted octanol–water partition coefficient (Wildman–Crippen LogP) is 4.57. The predicted molar refractivity (Wildman–Crippen MR) is 90.3 cm³/mol. The maximum absolute atomic E-state index is 12.9. The lowest BCUT2D eigenvalue weighted by atomic mass is 10.0. The summed E-state index contributed by atoms with van der Waals surface area (Å²) in [6.07, 6.45) is -4.41. The summed E-state index contributed by atoms with van der Waals surface area (Å²) in [4.78, 5) is 4.37. The van der Waals surface area contributed by atoms with Gasteiger partial charge in [-0.15, -0.1) is 5.10 Å². The minimum atomic E-state index is -4.41. The molecular formula is C18H13F3N4O. The topological polar surface area (TPSA) is 69.3 Å². The Kier molecular flexibility index (Phi) is 3.50. The van der Waals surface area contributed by atoms with Crippen LogP contribution in [0.4, 0.5) is 19.0 Å². The molecule has 3 heterocycles. The number of anilines is 1. The van der Waals surface area contributed by atoms with E-state index in [0.717, 1.165) is 17.9 Å². The number of aromatic nitrogens is 3. The third-order valence-electron chi connectivity index (χ3n) is 3.95. The van der Waals surface area contributed by atoms with Crippen LogP contribution in [-0.2, 0) is 6.18 Å². The molecule has 0 saturated heterocycles. The molecule has 5 nitrogen and oxygen atoms in total. The molecule has 132 valence electrons. The Morgan fingerprint density at radius 2 is 1.85 bits per heavy atom. The molecule has 1 aromatic carbocycles. The van der Waals surface area contributed by atoms with Crippen LogP contribution in [0.5, 0.6) is 0 Å². The van der Waals surface area contributed by atoms with Gasteiger partial charge < -0.3 is 10.2 Å². The lowest BCUT2D eigenvalue weighted by molar-refractivity contribution is -0.137. The second kappa shape index (κ2) is 5.62. The maximum Gasteiger partial charge on any atom is 0.416 e. The van der Waals surface area contributed by atoms with E-state index in [0.29, 0.717) is 28.4 Å². The summed E-state index contributed by atoms with van der Waals surface area (Å²) in [5.41, 5.74) is 6.64. The van der Waals surface area contributed by atoms with Gasteiger partial charge in [-0.3, -0.25) is 0 Å². The first kappa shape index (κ1) is 16.2. The van der Waals surface area contributed by atoms with Crippen LogP contribution >= 0.6 is 0 Å². The Bertz CT molecular complexity index is 1110. The molecule has 0 radical (unpaired) electrons.